The Kier molecular flexibility index (Phi) is 2.14. The fraction of sp³-hybridized carbons (Fsp3) is 0. The minimum absolute atomic E-state index is 0.00880. The molecule has 0 saturated carbocycles. The number of halogens is 2. The standard InChI is InChI=1S/C9H4F2N4/c10-6-3-1-2-5(8(6)11)9-7(4-12)13-15-14-9/h1-3H,(H,13,14,15). The molecule has 1 aromatic carbocycles. The average Bonchev–Trinajstić information content (AvgIpc) is 2.70. The molecule has 0 aliphatic carbocycles. The molecule has 74 valence electrons. The Morgan fingerprint density at radius 2 is 2.07 bits per heavy atom. The topological polar surface area (TPSA) is 65.4 Å². The number of aromatic amines is 1. The average molecular weight is 206 g/mol. The molecule has 1 aromatic heterocycles. The Morgan fingerprint density at radius 3 is 2.80 bits per heavy atom. The number of hydrogen-bond acceptors (Lipinski definition) is 3. The van der Waals surface area contributed by atoms with Gasteiger partial charge in [-0.1, -0.05) is 6.07 Å². The second-order valence-corrected chi connectivity index (χ2v) is 2.73. The largest absolute Gasteiger partial charge is 0.204 e. The number of nitrogens with zero attached hydrogens (tertiary/aromatic N) is 3. The summed E-state index contributed by atoms with van der Waals surface area (Å²) in [5.74, 6) is -2.03. The van der Waals surface area contributed by atoms with Crippen LogP contribution in [0.1, 0.15) is 5.69 Å². The highest BCUT2D eigenvalue weighted by Crippen LogP contribution is 2.23. The first-order chi connectivity index (χ1) is 7.24. The summed E-state index contributed by atoms with van der Waals surface area (Å²) in [5, 5.41) is 17.9. The Labute approximate surface area is 83.2 Å². The predicted octanol–water partition coefficient (Wildman–Crippen LogP) is 1.62. The number of nitriles is 1. The number of hydrogen-bond donors (Lipinski definition) is 1. The molecule has 0 spiro atoms. The molecule has 0 radical (unpaired) electrons. The molecular weight excluding hydrogens is 202 g/mol. The maximum Gasteiger partial charge on any atom is 0.190 e. The fourth-order valence-corrected chi connectivity index (χ4v) is 1.18. The smallest absolute Gasteiger partial charge is 0.190 e. The lowest BCUT2D eigenvalue weighted by Crippen LogP contribution is -1.91. The quantitative estimate of drug-likeness (QED) is 0.770. The van der Waals surface area contributed by atoms with Gasteiger partial charge in [-0.15, -0.1) is 5.10 Å². The molecule has 0 unspecified atom stereocenters. The zero-order valence-corrected chi connectivity index (χ0v) is 7.33. The minimum Gasteiger partial charge on any atom is -0.204 e. The number of nitrogens with one attached hydrogen (secondary N) is 1. The first-order valence-corrected chi connectivity index (χ1v) is 3.99. The third-order valence-corrected chi connectivity index (χ3v) is 1.86. The van der Waals surface area contributed by atoms with E-state index in [1.165, 1.54) is 12.1 Å². The highest BCUT2D eigenvalue weighted by atomic mass is 19.2. The summed E-state index contributed by atoms with van der Waals surface area (Å²) in [6.45, 7) is 0. The van der Waals surface area contributed by atoms with E-state index in [1.54, 1.807) is 6.07 Å². The highest BCUT2D eigenvalue weighted by Gasteiger charge is 2.16. The summed E-state index contributed by atoms with van der Waals surface area (Å²) in [6, 6.07) is 5.39. The molecule has 15 heavy (non-hydrogen) atoms. The van der Waals surface area contributed by atoms with Gasteiger partial charge in [0.2, 0.25) is 0 Å². The Balaban J connectivity index is 2.65. The van der Waals surface area contributed by atoms with E-state index in [4.69, 9.17) is 5.26 Å². The van der Waals surface area contributed by atoms with Gasteiger partial charge in [0, 0.05) is 5.56 Å². The molecule has 2 rings (SSSR count). The zero-order chi connectivity index (χ0) is 10.8. The highest BCUT2D eigenvalue weighted by molar-refractivity contribution is 5.64. The van der Waals surface area contributed by atoms with Gasteiger partial charge in [-0.2, -0.15) is 15.6 Å². The predicted molar refractivity (Wildman–Crippen MR) is 46.4 cm³/mol. The maximum absolute atomic E-state index is 13.3. The van der Waals surface area contributed by atoms with Crippen LogP contribution in [-0.2, 0) is 0 Å². The molecule has 0 fully saturated rings. The van der Waals surface area contributed by atoms with E-state index in [0.717, 1.165) is 6.07 Å². The van der Waals surface area contributed by atoms with Crippen molar-refractivity contribution in [3.8, 4) is 17.3 Å². The van der Waals surface area contributed by atoms with E-state index in [0.29, 0.717) is 0 Å². The fourth-order valence-electron chi connectivity index (χ4n) is 1.18. The van der Waals surface area contributed by atoms with Crippen molar-refractivity contribution >= 4 is 0 Å². The lowest BCUT2D eigenvalue weighted by Gasteiger charge is -1.99. The van der Waals surface area contributed by atoms with Gasteiger partial charge in [-0.05, 0) is 12.1 Å². The van der Waals surface area contributed by atoms with Crippen molar-refractivity contribution in [2.45, 2.75) is 0 Å². The number of rotatable bonds is 1. The van der Waals surface area contributed by atoms with Crippen LogP contribution < -0.4 is 0 Å². The molecule has 6 heteroatoms. The summed E-state index contributed by atoms with van der Waals surface area (Å²) in [7, 11) is 0. The van der Waals surface area contributed by atoms with Crippen LogP contribution in [0, 0.1) is 23.0 Å². The molecular formula is C9H4F2N4. The molecule has 1 N–H and O–H groups in total. The number of benzene rings is 1. The number of aromatic nitrogens is 3. The molecule has 2 aromatic rings. The monoisotopic (exact) mass is 206 g/mol. The molecule has 0 atom stereocenters. The third kappa shape index (κ3) is 1.44. The van der Waals surface area contributed by atoms with Gasteiger partial charge in [0.25, 0.3) is 0 Å². The van der Waals surface area contributed by atoms with Crippen LogP contribution in [0.25, 0.3) is 11.3 Å². The molecule has 1 heterocycles. The van der Waals surface area contributed by atoms with Crippen LogP contribution in [-0.4, -0.2) is 15.4 Å². The maximum atomic E-state index is 13.3. The zero-order valence-electron chi connectivity index (χ0n) is 7.33. The van der Waals surface area contributed by atoms with Crippen molar-refractivity contribution in [3.05, 3.63) is 35.5 Å². The third-order valence-electron chi connectivity index (χ3n) is 1.86. The van der Waals surface area contributed by atoms with Gasteiger partial charge in [-0.3, -0.25) is 0 Å². The van der Waals surface area contributed by atoms with E-state index < -0.39 is 11.6 Å². The Morgan fingerprint density at radius 1 is 1.27 bits per heavy atom. The number of H-pyrrole nitrogens is 1. The summed E-state index contributed by atoms with van der Waals surface area (Å²) < 4.78 is 26.2. The van der Waals surface area contributed by atoms with Gasteiger partial charge in [-0.25, -0.2) is 8.78 Å². The molecule has 0 amide bonds. The first-order valence-electron chi connectivity index (χ1n) is 3.99. The van der Waals surface area contributed by atoms with Crippen LogP contribution in [0.15, 0.2) is 18.2 Å². The van der Waals surface area contributed by atoms with Crippen LogP contribution >= 0.6 is 0 Å². The second kappa shape index (κ2) is 3.46. The first kappa shape index (κ1) is 9.27. The molecule has 0 aliphatic heterocycles. The van der Waals surface area contributed by atoms with Gasteiger partial charge >= 0.3 is 0 Å². The molecule has 0 saturated heterocycles. The van der Waals surface area contributed by atoms with Crippen molar-refractivity contribution in [2.24, 2.45) is 0 Å². The van der Waals surface area contributed by atoms with Gasteiger partial charge < -0.3 is 0 Å². The van der Waals surface area contributed by atoms with Crippen LogP contribution in [0.5, 0.6) is 0 Å². The van der Waals surface area contributed by atoms with E-state index in [-0.39, 0.29) is 17.0 Å². The molecule has 0 bridgehead atoms. The minimum atomic E-state index is -1.04. The van der Waals surface area contributed by atoms with Crippen LogP contribution in [0.2, 0.25) is 0 Å². The SMILES string of the molecule is N#Cc1n[nH]nc1-c1cccc(F)c1F. The van der Waals surface area contributed by atoms with E-state index in [2.05, 4.69) is 15.4 Å². The Hall–Kier alpha value is -2.29. The van der Waals surface area contributed by atoms with Gasteiger partial charge in [0.05, 0.1) is 0 Å². The molecule has 0 aliphatic rings. The second-order valence-electron chi connectivity index (χ2n) is 2.73. The van der Waals surface area contributed by atoms with Crippen molar-refractivity contribution in [1.82, 2.24) is 15.4 Å². The summed E-state index contributed by atoms with van der Waals surface area (Å²) >= 11 is 0. The van der Waals surface area contributed by atoms with Crippen molar-refractivity contribution in [3.63, 3.8) is 0 Å². The van der Waals surface area contributed by atoms with E-state index in [1.807, 2.05) is 0 Å². The Bertz CT molecular complexity index is 541. The van der Waals surface area contributed by atoms with Crippen molar-refractivity contribution in [2.75, 3.05) is 0 Å². The normalized spacial score (nSPS) is 9.93. The van der Waals surface area contributed by atoms with Crippen molar-refractivity contribution < 1.29 is 8.78 Å². The van der Waals surface area contributed by atoms with E-state index >= 15 is 0 Å². The van der Waals surface area contributed by atoms with Crippen molar-refractivity contribution in [1.29, 1.82) is 5.26 Å². The summed E-state index contributed by atoms with van der Waals surface area (Å²) in [5.41, 5.74) is -0.144. The van der Waals surface area contributed by atoms with Gasteiger partial charge in [0.1, 0.15) is 11.8 Å². The van der Waals surface area contributed by atoms with Crippen LogP contribution in [0.4, 0.5) is 8.78 Å². The molecule has 4 nitrogen and oxygen atoms in total. The summed E-state index contributed by atoms with van der Waals surface area (Å²) in [4.78, 5) is 0. The van der Waals surface area contributed by atoms with Crippen LogP contribution in [0.3, 0.4) is 0 Å². The summed E-state index contributed by atoms with van der Waals surface area (Å²) in [6.07, 6.45) is 0. The lowest BCUT2D eigenvalue weighted by molar-refractivity contribution is 0.511. The van der Waals surface area contributed by atoms with Gasteiger partial charge in [0.15, 0.2) is 17.3 Å². The lowest BCUT2D eigenvalue weighted by atomic mass is 10.1. The van der Waals surface area contributed by atoms with E-state index in [9.17, 15) is 8.78 Å².